The summed E-state index contributed by atoms with van der Waals surface area (Å²) in [5.74, 6) is -0.548. The zero-order chi connectivity index (χ0) is 71.4. The zero-order valence-electron chi connectivity index (χ0n) is 62.9. The third kappa shape index (κ3) is 70.4. The summed E-state index contributed by atoms with van der Waals surface area (Å²) in [6.07, 6.45) is 60.3. The highest BCUT2D eigenvalue weighted by molar-refractivity contribution is 7.47. The maximum Gasteiger partial charge on any atom is 0.472 e. The fourth-order valence-corrected chi connectivity index (χ4v) is 13.0. The monoisotopic (exact) mass is 1420 g/mol. The molecule has 17 nitrogen and oxygen atoms in total. The minimum Gasteiger partial charge on any atom is -0.462 e. The van der Waals surface area contributed by atoms with Gasteiger partial charge in [0, 0.05) is 25.7 Å². The summed E-state index contributed by atoms with van der Waals surface area (Å²) in [4.78, 5) is 72.9. The lowest BCUT2D eigenvalue weighted by Gasteiger charge is -2.21. The highest BCUT2D eigenvalue weighted by Crippen LogP contribution is 2.45. The molecule has 0 aromatic carbocycles. The first-order valence-electron chi connectivity index (χ1n) is 39.8. The number of phosphoric acid groups is 2. The number of hydrogen-bond donors (Lipinski definition) is 3. The summed E-state index contributed by atoms with van der Waals surface area (Å²) in [7, 11) is -9.93. The van der Waals surface area contributed by atoms with Crippen LogP contribution in [0.5, 0.6) is 0 Å². The number of carbonyl (C=O) groups is 4. The van der Waals surface area contributed by atoms with Crippen LogP contribution in [0.15, 0.2) is 24.3 Å². The molecule has 3 N–H and O–H groups in total. The smallest absolute Gasteiger partial charge is 0.462 e. The molecule has 0 bridgehead atoms. The van der Waals surface area contributed by atoms with Crippen molar-refractivity contribution in [3.05, 3.63) is 24.3 Å². The molecule has 0 rings (SSSR count). The van der Waals surface area contributed by atoms with Gasteiger partial charge in [0.1, 0.15) is 19.3 Å². The topological polar surface area (TPSA) is 237 Å². The minimum absolute atomic E-state index is 0.101. The summed E-state index contributed by atoms with van der Waals surface area (Å²) in [5, 5.41) is 10.6. The Morgan fingerprint density at radius 3 is 0.928 bits per heavy atom. The van der Waals surface area contributed by atoms with Gasteiger partial charge in [0.15, 0.2) is 12.2 Å². The van der Waals surface area contributed by atoms with Crippen molar-refractivity contribution in [2.75, 3.05) is 39.6 Å². The highest BCUT2D eigenvalue weighted by atomic mass is 31.2. The molecular formula is C78H148O17P2. The molecule has 0 fully saturated rings. The van der Waals surface area contributed by atoms with E-state index in [1.165, 1.54) is 180 Å². The summed E-state index contributed by atoms with van der Waals surface area (Å²) >= 11 is 0. The average Bonchev–Trinajstić information content (AvgIpc) is 1.21. The quantitative estimate of drug-likeness (QED) is 0.0169. The summed E-state index contributed by atoms with van der Waals surface area (Å²) in [6, 6.07) is 0. The third-order valence-corrected chi connectivity index (χ3v) is 19.8. The maximum atomic E-state index is 13.1. The van der Waals surface area contributed by atoms with Gasteiger partial charge in [0.05, 0.1) is 26.4 Å². The first-order valence-corrected chi connectivity index (χ1v) is 42.8. The standard InChI is InChI=1S/C78H148O17P2/c1-7-10-12-14-16-18-20-21-22-26-30-37-43-49-55-61-76(81)89-67-73(94-77(82)62-56-50-44-38-31-27-24-23-25-29-35-41-47-53-59-71(6)9-3)68-92-96(84,85)90-64-72(79)65-91-97(86,87)93-69-74(66-88-75(80)60-54-48-42-36-28-19-17-15-13-11-8-2)95-78(83)63-57-51-45-39-33-32-34-40-46-52-58-70(4)5/h18,20-22,70-74,79H,7-17,19,23-69H2,1-6H3,(H,84,85)(H,86,87)/b20-18-,22-21-/t71?,72-,73-,74-/m1/s1. The molecule has 0 spiro atoms. The molecule has 97 heavy (non-hydrogen) atoms. The van der Waals surface area contributed by atoms with Crippen LogP contribution in [-0.4, -0.2) is 96.7 Å². The van der Waals surface area contributed by atoms with Crippen LogP contribution in [0.1, 0.15) is 382 Å². The van der Waals surface area contributed by atoms with Crippen molar-refractivity contribution in [3.8, 4) is 0 Å². The molecule has 0 aromatic rings. The van der Waals surface area contributed by atoms with Gasteiger partial charge in [-0.1, -0.05) is 329 Å². The molecule has 19 heteroatoms. The van der Waals surface area contributed by atoms with E-state index >= 15 is 0 Å². The van der Waals surface area contributed by atoms with E-state index < -0.39 is 97.5 Å². The van der Waals surface area contributed by atoms with Crippen molar-refractivity contribution in [1.29, 1.82) is 0 Å². The third-order valence-electron chi connectivity index (χ3n) is 17.9. The number of phosphoric ester groups is 2. The first-order chi connectivity index (χ1) is 46.9. The van der Waals surface area contributed by atoms with Crippen molar-refractivity contribution in [3.63, 3.8) is 0 Å². The summed E-state index contributed by atoms with van der Waals surface area (Å²) in [5.41, 5.74) is 0. The molecule has 0 aromatic heterocycles. The zero-order valence-corrected chi connectivity index (χ0v) is 64.7. The molecule has 6 atom stereocenters. The van der Waals surface area contributed by atoms with Crippen molar-refractivity contribution in [2.45, 2.75) is 400 Å². The molecule has 572 valence electrons. The normalized spacial score (nSPS) is 14.4. The molecule has 0 aliphatic heterocycles. The van der Waals surface area contributed by atoms with E-state index in [9.17, 15) is 43.2 Å². The van der Waals surface area contributed by atoms with Gasteiger partial charge in [-0.3, -0.25) is 37.3 Å². The van der Waals surface area contributed by atoms with Gasteiger partial charge in [-0.25, -0.2) is 9.13 Å². The van der Waals surface area contributed by atoms with Gasteiger partial charge in [0.2, 0.25) is 0 Å². The second-order valence-electron chi connectivity index (χ2n) is 28.1. The van der Waals surface area contributed by atoms with Gasteiger partial charge in [0.25, 0.3) is 0 Å². The lowest BCUT2D eigenvalue weighted by Crippen LogP contribution is -2.30. The molecule has 0 saturated heterocycles. The number of hydrogen-bond acceptors (Lipinski definition) is 15. The van der Waals surface area contributed by atoms with E-state index in [-0.39, 0.29) is 25.7 Å². The molecule has 0 aliphatic carbocycles. The van der Waals surface area contributed by atoms with Crippen LogP contribution >= 0.6 is 15.6 Å². The van der Waals surface area contributed by atoms with Crippen LogP contribution in [0.2, 0.25) is 0 Å². The van der Waals surface area contributed by atoms with E-state index in [2.05, 4.69) is 65.8 Å². The molecule has 0 radical (unpaired) electrons. The summed E-state index contributed by atoms with van der Waals surface area (Å²) < 4.78 is 68.6. The second-order valence-corrected chi connectivity index (χ2v) is 31.0. The minimum atomic E-state index is -4.97. The van der Waals surface area contributed by atoms with Gasteiger partial charge >= 0.3 is 39.5 Å². The predicted octanol–water partition coefficient (Wildman–Crippen LogP) is 22.7. The van der Waals surface area contributed by atoms with Gasteiger partial charge < -0.3 is 33.8 Å². The number of unbranched alkanes of at least 4 members (excludes halogenated alkanes) is 41. The van der Waals surface area contributed by atoms with E-state index in [0.29, 0.717) is 25.7 Å². The lowest BCUT2D eigenvalue weighted by atomic mass is 9.99. The highest BCUT2D eigenvalue weighted by Gasteiger charge is 2.30. The van der Waals surface area contributed by atoms with Crippen LogP contribution in [0.4, 0.5) is 0 Å². The van der Waals surface area contributed by atoms with Crippen molar-refractivity contribution < 1.29 is 80.2 Å². The van der Waals surface area contributed by atoms with E-state index in [1.54, 1.807) is 0 Å². The maximum absolute atomic E-state index is 13.1. The number of ether oxygens (including phenoxy) is 4. The molecule has 0 amide bonds. The van der Waals surface area contributed by atoms with Crippen LogP contribution in [-0.2, 0) is 65.4 Å². The van der Waals surface area contributed by atoms with E-state index in [1.807, 2.05) is 0 Å². The Labute approximate surface area is 592 Å². The number of rotatable bonds is 75. The molecule has 0 heterocycles. The molecule has 3 unspecified atom stereocenters. The SMILES string of the molecule is CCCCCC/C=C\C=C/CCCCCCCC(=O)OC[C@H](COP(=O)(O)OC[C@@H](O)COP(=O)(O)OC[C@@H](COC(=O)CCCCCCCCCCCCC)OC(=O)CCCCCCCCCCCCC(C)C)OC(=O)CCCCCCCCCCCCCCCCC(C)CC. The number of aliphatic hydroxyl groups is 1. The number of carbonyl (C=O) groups excluding carboxylic acids is 4. The number of esters is 4. The predicted molar refractivity (Wildman–Crippen MR) is 395 cm³/mol. The Kier molecular flexibility index (Phi) is 67.5. The van der Waals surface area contributed by atoms with Crippen LogP contribution in [0.25, 0.3) is 0 Å². The fraction of sp³-hybridized carbons (Fsp3) is 0.897. The van der Waals surface area contributed by atoms with E-state index in [4.69, 9.17) is 37.0 Å². The first kappa shape index (κ1) is 94.5. The van der Waals surface area contributed by atoms with Gasteiger partial charge in [-0.2, -0.15) is 0 Å². The molecule has 0 saturated carbocycles. The Bertz CT molecular complexity index is 1970. The average molecular weight is 1420 g/mol. The number of aliphatic hydroxyl groups excluding tert-OH is 1. The van der Waals surface area contributed by atoms with Crippen molar-refractivity contribution >= 4 is 39.5 Å². The van der Waals surface area contributed by atoms with Gasteiger partial charge in [-0.15, -0.1) is 0 Å². The van der Waals surface area contributed by atoms with Crippen molar-refractivity contribution in [2.24, 2.45) is 11.8 Å². The largest absolute Gasteiger partial charge is 0.472 e. The van der Waals surface area contributed by atoms with Crippen LogP contribution in [0, 0.1) is 11.8 Å². The Balaban J connectivity index is 5.29. The molecule has 0 aliphatic rings. The van der Waals surface area contributed by atoms with Gasteiger partial charge in [-0.05, 0) is 63.2 Å². The number of allylic oxidation sites excluding steroid dienone is 4. The Hall–Kier alpha value is -2.46. The Morgan fingerprint density at radius 2 is 0.608 bits per heavy atom. The van der Waals surface area contributed by atoms with Crippen molar-refractivity contribution in [1.82, 2.24) is 0 Å². The van der Waals surface area contributed by atoms with Crippen LogP contribution in [0.3, 0.4) is 0 Å². The molecular weight excluding hydrogens is 1270 g/mol. The fourth-order valence-electron chi connectivity index (χ4n) is 11.4. The van der Waals surface area contributed by atoms with Crippen LogP contribution < -0.4 is 0 Å². The second kappa shape index (κ2) is 69.3. The summed E-state index contributed by atoms with van der Waals surface area (Å²) in [6.45, 7) is 9.58. The Morgan fingerprint density at radius 1 is 0.340 bits per heavy atom. The lowest BCUT2D eigenvalue weighted by molar-refractivity contribution is -0.161. The van der Waals surface area contributed by atoms with E-state index in [0.717, 1.165) is 121 Å².